The van der Waals surface area contributed by atoms with E-state index < -0.39 is 0 Å². The van der Waals surface area contributed by atoms with Gasteiger partial charge in [-0.25, -0.2) is 4.99 Å². The molecule has 0 saturated carbocycles. The van der Waals surface area contributed by atoms with Crippen molar-refractivity contribution in [3.05, 3.63) is 65.3 Å². The average molecular weight is 321 g/mol. The number of allylic oxidation sites excluding steroid dienone is 4. The summed E-state index contributed by atoms with van der Waals surface area (Å²) >= 11 is 0. The summed E-state index contributed by atoms with van der Waals surface area (Å²) in [5, 5.41) is 0. The molecule has 3 heteroatoms. The Labute approximate surface area is 143 Å². The van der Waals surface area contributed by atoms with E-state index in [-0.39, 0.29) is 23.5 Å². The third-order valence-electron chi connectivity index (χ3n) is 3.83. The number of amides is 1. The predicted octanol–water partition coefficient (Wildman–Crippen LogP) is 4.41. The second-order valence-electron chi connectivity index (χ2n) is 6.46. The fourth-order valence-electron chi connectivity index (χ4n) is 2.48. The molecule has 1 aromatic rings. The molecule has 1 aliphatic carbocycles. The molecule has 0 fully saturated rings. The lowest BCUT2D eigenvalue weighted by Gasteiger charge is -2.19. The third-order valence-corrected chi connectivity index (χ3v) is 3.83. The van der Waals surface area contributed by atoms with Crippen molar-refractivity contribution in [1.29, 1.82) is 0 Å². The van der Waals surface area contributed by atoms with Gasteiger partial charge in [0.2, 0.25) is 0 Å². The van der Waals surface area contributed by atoms with E-state index in [0.29, 0.717) is 16.9 Å². The lowest BCUT2D eigenvalue weighted by atomic mass is 9.84. The van der Waals surface area contributed by atoms with Crippen LogP contribution in [0.3, 0.4) is 0 Å². The van der Waals surface area contributed by atoms with Crippen LogP contribution in [-0.2, 0) is 9.59 Å². The van der Waals surface area contributed by atoms with E-state index in [0.717, 1.165) is 5.56 Å². The molecule has 24 heavy (non-hydrogen) atoms. The fourth-order valence-corrected chi connectivity index (χ4v) is 2.48. The van der Waals surface area contributed by atoms with Crippen LogP contribution in [0.2, 0.25) is 0 Å². The van der Waals surface area contributed by atoms with Gasteiger partial charge in [0.25, 0.3) is 5.91 Å². The van der Waals surface area contributed by atoms with Gasteiger partial charge in [-0.3, -0.25) is 9.59 Å². The van der Waals surface area contributed by atoms with Crippen molar-refractivity contribution in [2.45, 2.75) is 27.7 Å². The highest BCUT2D eigenvalue weighted by Crippen LogP contribution is 2.25. The molecule has 124 valence electrons. The number of ketones is 1. The van der Waals surface area contributed by atoms with Crippen LogP contribution in [0, 0.1) is 11.8 Å². The molecular formula is C21H23NO2. The predicted molar refractivity (Wildman–Crippen MR) is 98.8 cm³/mol. The van der Waals surface area contributed by atoms with E-state index in [2.05, 4.69) is 4.99 Å². The number of carbonyl (C=O) groups is 2. The Bertz CT molecular complexity index is 717. The van der Waals surface area contributed by atoms with Gasteiger partial charge in [-0.2, -0.15) is 0 Å². The van der Waals surface area contributed by atoms with Gasteiger partial charge in [-0.05, 0) is 35.6 Å². The number of Topliss-reactive ketones (excluding diaryl/α,β-unsaturated/α-hetero) is 1. The first-order valence-electron chi connectivity index (χ1n) is 8.22. The Kier molecular flexibility index (Phi) is 5.80. The van der Waals surface area contributed by atoms with Crippen molar-refractivity contribution in [2.75, 3.05) is 0 Å². The molecule has 2 rings (SSSR count). The molecule has 1 aromatic carbocycles. The molecule has 0 atom stereocenters. The standard InChI is InChI=1S/C21H23NO2/c1-14(2)18-12-17(13-19(15(3)4)21(18)24)22-20(23)11-10-16-8-6-5-7-9-16/h5-15H,1-4H3. The van der Waals surface area contributed by atoms with Crippen molar-refractivity contribution in [1.82, 2.24) is 0 Å². The highest BCUT2D eigenvalue weighted by atomic mass is 16.1. The van der Waals surface area contributed by atoms with Crippen molar-refractivity contribution in [2.24, 2.45) is 16.8 Å². The number of aliphatic imine (C=N–C) groups is 1. The van der Waals surface area contributed by atoms with Crippen LogP contribution in [-0.4, -0.2) is 17.4 Å². The van der Waals surface area contributed by atoms with E-state index in [1.54, 1.807) is 18.2 Å². The molecule has 0 N–H and O–H groups in total. The minimum absolute atomic E-state index is 0.0613. The Morgan fingerprint density at radius 1 is 0.958 bits per heavy atom. The first-order chi connectivity index (χ1) is 11.4. The molecular weight excluding hydrogens is 298 g/mol. The Balaban J connectivity index is 2.27. The van der Waals surface area contributed by atoms with Crippen LogP contribution in [0.4, 0.5) is 0 Å². The number of benzene rings is 1. The van der Waals surface area contributed by atoms with E-state index in [4.69, 9.17) is 0 Å². The van der Waals surface area contributed by atoms with Crippen LogP contribution in [0.5, 0.6) is 0 Å². The molecule has 0 bridgehead atoms. The molecule has 0 heterocycles. The normalized spacial score (nSPS) is 15.1. The summed E-state index contributed by atoms with van der Waals surface area (Å²) in [7, 11) is 0. The van der Waals surface area contributed by atoms with E-state index in [1.807, 2.05) is 58.0 Å². The molecule has 3 nitrogen and oxygen atoms in total. The number of hydrogen-bond acceptors (Lipinski definition) is 2. The zero-order chi connectivity index (χ0) is 17.7. The van der Waals surface area contributed by atoms with Crippen molar-refractivity contribution < 1.29 is 9.59 Å². The maximum absolute atomic E-state index is 12.5. The molecule has 1 aliphatic rings. The SMILES string of the molecule is CC(C)C1=CC(=NC(=O)C=Cc2ccccc2)C=C(C(C)C)C1=O. The van der Waals surface area contributed by atoms with Crippen LogP contribution >= 0.6 is 0 Å². The highest BCUT2D eigenvalue weighted by Gasteiger charge is 2.24. The van der Waals surface area contributed by atoms with Crippen molar-refractivity contribution in [3.63, 3.8) is 0 Å². The third kappa shape index (κ3) is 4.48. The van der Waals surface area contributed by atoms with E-state index in [9.17, 15) is 9.59 Å². The molecule has 0 unspecified atom stereocenters. The first kappa shape index (κ1) is 17.8. The largest absolute Gasteiger partial charge is 0.289 e. The smallest absolute Gasteiger partial charge is 0.270 e. The molecule has 0 spiro atoms. The minimum Gasteiger partial charge on any atom is -0.289 e. The highest BCUT2D eigenvalue weighted by molar-refractivity contribution is 6.24. The zero-order valence-electron chi connectivity index (χ0n) is 14.6. The summed E-state index contributed by atoms with van der Waals surface area (Å²) in [4.78, 5) is 28.7. The fraction of sp³-hybridized carbons (Fsp3) is 0.286. The molecule has 0 saturated heterocycles. The van der Waals surface area contributed by atoms with Gasteiger partial charge in [-0.1, -0.05) is 58.0 Å². The Hall–Kier alpha value is -2.55. The van der Waals surface area contributed by atoms with E-state index in [1.165, 1.54) is 6.08 Å². The van der Waals surface area contributed by atoms with Gasteiger partial charge in [-0.15, -0.1) is 0 Å². The summed E-state index contributed by atoms with van der Waals surface area (Å²) in [5.74, 6) is -0.0756. The molecule has 1 amide bonds. The van der Waals surface area contributed by atoms with Gasteiger partial charge in [0, 0.05) is 17.2 Å². The number of hydrogen-bond donors (Lipinski definition) is 0. The molecule has 0 radical (unpaired) electrons. The summed E-state index contributed by atoms with van der Waals surface area (Å²) in [6.45, 7) is 7.90. The maximum atomic E-state index is 12.5. The van der Waals surface area contributed by atoms with Gasteiger partial charge < -0.3 is 0 Å². The lowest BCUT2D eigenvalue weighted by molar-refractivity contribution is -0.114. The van der Waals surface area contributed by atoms with Gasteiger partial charge >= 0.3 is 0 Å². The topological polar surface area (TPSA) is 46.5 Å². The van der Waals surface area contributed by atoms with Crippen molar-refractivity contribution in [3.8, 4) is 0 Å². The lowest BCUT2D eigenvalue weighted by Crippen LogP contribution is -2.21. The van der Waals surface area contributed by atoms with Crippen LogP contribution < -0.4 is 0 Å². The maximum Gasteiger partial charge on any atom is 0.270 e. The summed E-state index contributed by atoms with van der Waals surface area (Å²) in [6, 6.07) is 9.60. The first-order valence-corrected chi connectivity index (χ1v) is 8.22. The summed E-state index contributed by atoms with van der Waals surface area (Å²) in [5.41, 5.74) is 2.91. The summed E-state index contributed by atoms with van der Waals surface area (Å²) in [6.07, 6.45) is 6.64. The summed E-state index contributed by atoms with van der Waals surface area (Å²) < 4.78 is 0. The second-order valence-corrected chi connectivity index (χ2v) is 6.46. The Morgan fingerprint density at radius 3 is 2.00 bits per heavy atom. The van der Waals surface area contributed by atoms with Gasteiger partial charge in [0.15, 0.2) is 5.78 Å². The van der Waals surface area contributed by atoms with Crippen LogP contribution in [0.25, 0.3) is 6.08 Å². The Morgan fingerprint density at radius 2 is 1.50 bits per heavy atom. The number of rotatable bonds is 4. The van der Waals surface area contributed by atoms with Gasteiger partial charge in [0.05, 0.1) is 5.71 Å². The monoisotopic (exact) mass is 321 g/mol. The quantitative estimate of drug-likeness (QED) is 0.609. The van der Waals surface area contributed by atoms with E-state index >= 15 is 0 Å². The van der Waals surface area contributed by atoms with Crippen molar-refractivity contribution >= 4 is 23.5 Å². The molecule has 0 aliphatic heterocycles. The zero-order valence-corrected chi connectivity index (χ0v) is 14.6. The minimum atomic E-state index is -0.332. The number of nitrogens with zero attached hydrogens (tertiary/aromatic N) is 1. The molecule has 0 aromatic heterocycles. The number of carbonyl (C=O) groups excluding carboxylic acids is 2. The average Bonchev–Trinajstić information content (AvgIpc) is 2.55. The van der Waals surface area contributed by atoms with Gasteiger partial charge in [0.1, 0.15) is 0 Å². The van der Waals surface area contributed by atoms with Crippen LogP contribution in [0.15, 0.2) is 64.7 Å². The second kappa shape index (κ2) is 7.82. The van der Waals surface area contributed by atoms with Crippen LogP contribution in [0.1, 0.15) is 33.3 Å².